The number of carbonyl (C=O) groups excluding carboxylic acids is 1. The van der Waals surface area contributed by atoms with Crippen LogP contribution in [0.4, 0.5) is 5.82 Å². The van der Waals surface area contributed by atoms with Gasteiger partial charge in [-0.15, -0.1) is 0 Å². The molecular formula is C26H26N4O2S2. The number of fused-ring (bicyclic) bond motifs is 1. The van der Waals surface area contributed by atoms with E-state index in [9.17, 15) is 9.59 Å². The predicted octanol–water partition coefficient (Wildman–Crippen LogP) is 4.80. The minimum Gasteiger partial charge on any atom is -0.369 e. The summed E-state index contributed by atoms with van der Waals surface area (Å²) in [7, 11) is 0. The minimum atomic E-state index is -0.206. The van der Waals surface area contributed by atoms with Gasteiger partial charge in [0.25, 0.3) is 11.5 Å². The fourth-order valence-electron chi connectivity index (χ4n) is 4.58. The summed E-state index contributed by atoms with van der Waals surface area (Å²) in [4.78, 5) is 33.7. The standard InChI is InChI=1S/C26H26N4O2S2/c1-17-11-12-22-28-23(27-14-13-18-7-3-2-4-8-18)20(24(31)29(22)16-17)15-21-25(32)30(26(33)34-21)19-9-5-6-10-19/h2-4,7-8,11-12,15-16,19,27H,5-6,9-10,13-14H2,1H3/b21-15+. The van der Waals surface area contributed by atoms with Crippen LogP contribution >= 0.6 is 24.0 Å². The van der Waals surface area contributed by atoms with Crippen molar-refractivity contribution < 1.29 is 4.79 Å². The topological polar surface area (TPSA) is 66.7 Å². The smallest absolute Gasteiger partial charge is 0.267 e. The highest BCUT2D eigenvalue weighted by Crippen LogP contribution is 2.38. The Morgan fingerprint density at radius 3 is 2.68 bits per heavy atom. The summed E-state index contributed by atoms with van der Waals surface area (Å²) < 4.78 is 2.12. The van der Waals surface area contributed by atoms with Crippen molar-refractivity contribution in [1.82, 2.24) is 14.3 Å². The average Bonchev–Trinajstić information content (AvgIpc) is 3.45. The molecule has 2 aromatic heterocycles. The van der Waals surface area contributed by atoms with Crippen molar-refractivity contribution in [3.05, 3.63) is 80.6 Å². The van der Waals surface area contributed by atoms with Crippen LogP contribution < -0.4 is 10.9 Å². The van der Waals surface area contributed by atoms with Gasteiger partial charge in [-0.3, -0.25) is 18.9 Å². The lowest BCUT2D eigenvalue weighted by Crippen LogP contribution is -2.36. The van der Waals surface area contributed by atoms with Crippen molar-refractivity contribution in [3.8, 4) is 0 Å². The van der Waals surface area contributed by atoms with E-state index < -0.39 is 0 Å². The summed E-state index contributed by atoms with van der Waals surface area (Å²) in [6.45, 7) is 2.55. The maximum atomic E-state index is 13.5. The molecule has 0 unspecified atom stereocenters. The Balaban J connectivity index is 1.51. The number of amides is 1. The molecule has 1 aliphatic heterocycles. The second-order valence-corrected chi connectivity index (χ2v) is 10.4. The van der Waals surface area contributed by atoms with Crippen molar-refractivity contribution in [1.29, 1.82) is 0 Å². The highest BCUT2D eigenvalue weighted by molar-refractivity contribution is 8.26. The van der Waals surface area contributed by atoms with Crippen LogP contribution in [0.1, 0.15) is 42.4 Å². The monoisotopic (exact) mass is 490 g/mol. The molecule has 34 heavy (non-hydrogen) atoms. The number of pyridine rings is 1. The molecule has 1 saturated carbocycles. The van der Waals surface area contributed by atoms with Crippen molar-refractivity contribution in [3.63, 3.8) is 0 Å². The SMILES string of the molecule is Cc1ccc2nc(NCCc3ccccc3)c(/C=C3/SC(=S)N(C4CCCC4)C3=O)c(=O)n2c1. The van der Waals surface area contributed by atoms with E-state index in [0.29, 0.717) is 32.8 Å². The van der Waals surface area contributed by atoms with Gasteiger partial charge in [0.1, 0.15) is 15.8 Å². The summed E-state index contributed by atoms with van der Waals surface area (Å²) in [5.74, 6) is 0.377. The largest absolute Gasteiger partial charge is 0.369 e. The summed E-state index contributed by atoms with van der Waals surface area (Å²) in [6.07, 6.45) is 8.43. The molecule has 0 atom stereocenters. The number of anilines is 1. The van der Waals surface area contributed by atoms with Gasteiger partial charge >= 0.3 is 0 Å². The van der Waals surface area contributed by atoms with Crippen molar-refractivity contribution in [2.24, 2.45) is 0 Å². The second kappa shape index (κ2) is 9.72. The first kappa shape index (κ1) is 22.8. The summed E-state index contributed by atoms with van der Waals surface area (Å²) >= 11 is 6.82. The number of nitrogens with zero attached hydrogens (tertiary/aromatic N) is 3. The van der Waals surface area contributed by atoms with Gasteiger partial charge < -0.3 is 5.32 Å². The van der Waals surface area contributed by atoms with Crippen molar-refractivity contribution >= 4 is 51.7 Å². The molecule has 0 spiro atoms. The first-order valence-corrected chi connectivity index (χ1v) is 12.8. The maximum absolute atomic E-state index is 13.5. The molecule has 1 aromatic carbocycles. The first-order chi connectivity index (χ1) is 16.5. The quantitative estimate of drug-likeness (QED) is 0.395. The van der Waals surface area contributed by atoms with Crippen LogP contribution in [-0.4, -0.2) is 37.1 Å². The van der Waals surface area contributed by atoms with Gasteiger partial charge in [0.05, 0.1) is 10.5 Å². The van der Waals surface area contributed by atoms with Gasteiger partial charge in [-0.25, -0.2) is 4.98 Å². The zero-order chi connectivity index (χ0) is 23.7. The number of benzene rings is 1. The first-order valence-electron chi connectivity index (χ1n) is 11.6. The molecule has 8 heteroatoms. The third-order valence-corrected chi connectivity index (χ3v) is 7.67. The van der Waals surface area contributed by atoms with Gasteiger partial charge in [-0.2, -0.15) is 0 Å². The van der Waals surface area contributed by atoms with Gasteiger partial charge in [0, 0.05) is 18.8 Å². The molecule has 6 nitrogen and oxygen atoms in total. The van der Waals surface area contributed by atoms with Gasteiger partial charge in [0.15, 0.2) is 0 Å². The highest BCUT2D eigenvalue weighted by Gasteiger charge is 2.38. The van der Waals surface area contributed by atoms with Crippen LogP contribution in [0.2, 0.25) is 0 Å². The summed E-state index contributed by atoms with van der Waals surface area (Å²) in [6, 6.07) is 14.1. The van der Waals surface area contributed by atoms with E-state index in [4.69, 9.17) is 17.2 Å². The van der Waals surface area contributed by atoms with E-state index in [1.165, 1.54) is 17.3 Å². The third-order valence-electron chi connectivity index (χ3n) is 6.34. The van der Waals surface area contributed by atoms with Gasteiger partial charge in [-0.1, -0.05) is 73.2 Å². The zero-order valence-corrected chi connectivity index (χ0v) is 20.6. The molecule has 2 fully saturated rings. The van der Waals surface area contributed by atoms with Crippen LogP contribution in [0.25, 0.3) is 11.7 Å². The Morgan fingerprint density at radius 2 is 1.91 bits per heavy atom. The number of thiocarbonyl (C=S) groups is 1. The maximum Gasteiger partial charge on any atom is 0.267 e. The second-order valence-electron chi connectivity index (χ2n) is 8.77. The Bertz CT molecular complexity index is 1340. The number of aryl methyl sites for hydroxylation is 1. The summed E-state index contributed by atoms with van der Waals surface area (Å²) in [5, 5.41) is 3.34. The molecule has 1 aliphatic carbocycles. The van der Waals surface area contributed by atoms with E-state index >= 15 is 0 Å². The van der Waals surface area contributed by atoms with Gasteiger partial charge in [0.2, 0.25) is 0 Å². The Hall–Kier alpha value is -2.97. The Labute approximate surface area is 208 Å². The molecule has 1 N–H and O–H groups in total. The number of thioether (sulfide) groups is 1. The zero-order valence-electron chi connectivity index (χ0n) is 19.0. The summed E-state index contributed by atoms with van der Waals surface area (Å²) in [5.41, 5.74) is 2.89. The van der Waals surface area contributed by atoms with Crippen LogP contribution in [0, 0.1) is 6.92 Å². The van der Waals surface area contributed by atoms with Gasteiger partial charge in [-0.05, 0) is 49.5 Å². The fourth-order valence-corrected chi connectivity index (χ4v) is 5.96. The van der Waals surface area contributed by atoms with E-state index in [1.807, 2.05) is 37.3 Å². The van der Waals surface area contributed by atoms with E-state index in [1.54, 1.807) is 21.6 Å². The number of rotatable bonds is 6. The van der Waals surface area contributed by atoms with Crippen LogP contribution in [0.15, 0.2) is 58.4 Å². The molecule has 3 aromatic rings. The Morgan fingerprint density at radius 1 is 1.15 bits per heavy atom. The number of nitrogens with one attached hydrogen (secondary N) is 1. The van der Waals surface area contributed by atoms with Crippen LogP contribution in [0.5, 0.6) is 0 Å². The molecule has 5 rings (SSSR count). The fraction of sp³-hybridized carbons (Fsp3) is 0.308. The predicted molar refractivity (Wildman–Crippen MR) is 142 cm³/mol. The number of carbonyl (C=O) groups is 1. The third kappa shape index (κ3) is 4.52. The lowest BCUT2D eigenvalue weighted by atomic mass is 10.1. The number of hydrogen-bond acceptors (Lipinski definition) is 6. The van der Waals surface area contributed by atoms with Crippen molar-refractivity contribution in [2.75, 3.05) is 11.9 Å². The van der Waals surface area contributed by atoms with E-state index in [-0.39, 0.29) is 17.5 Å². The molecule has 2 aliphatic rings. The van der Waals surface area contributed by atoms with Crippen molar-refractivity contribution in [2.45, 2.75) is 45.1 Å². The molecule has 3 heterocycles. The number of hydrogen-bond donors (Lipinski definition) is 1. The molecule has 0 radical (unpaired) electrons. The average molecular weight is 491 g/mol. The molecule has 174 valence electrons. The minimum absolute atomic E-state index is 0.106. The lowest BCUT2D eigenvalue weighted by Gasteiger charge is -2.21. The lowest BCUT2D eigenvalue weighted by molar-refractivity contribution is -0.123. The molecule has 1 saturated heterocycles. The highest BCUT2D eigenvalue weighted by atomic mass is 32.2. The molecule has 1 amide bonds. The number of aromatic nitrogens is 2. The van der Waals surface area contributed by atoms with E-state index in [2.05, 4.69) is 17.4 Å². The van der Waals surface area contributed by atoms with Crippen LogP contribution in [-0.2, 0) is 11.2 Å². The molecule has 0 bridgehead atoms. The van der Waals surface area contributed by atoms with Crippen LogP contribution in [0.3, 0.4) is 0 Å². The van der Waals surface area contributed by atoms with E-state index in [0.717, 1.165) is 37.7 Å². The molecular weight excluding hydrogens is 464 g/mol. The normalized spacial score (nSPS) is 17.9. The Kier molecular flexibility index (Phi) is 6.52.